The Labute approximate surface area is 82.4 Å². The standard InChI is InChI=1S/C8H5BrN2S/c9-8-6(2-1-3-11-8)7-4-10-5-12-7/h1-5H. The molecule has 0 unspecified atom stereocenters. The molecule has 0 saturated heterocycles. The summed E-state index contributed by atoms with van der Waals surface area (Å²) < 4.78 is 0.870. The highest BCUT2D eigenvalue weighted by molar-refractivity contribution is 9.10. The first-order valence-corrected chi connectivity index (χ1v) is 5.04. The number of thiazole rings is 1. The van der Waals surface area contributed by atoms with Crippen molar-refractivity contribution in [3.8, 4) is 10.4 Å². The molecule has 0 fully saturated rings. The molecule has 0 radical (unpaired) electrons. The van der Waals surface area contributed by atoms with Gasteiger partial charge in [-0.05, 0) is 28.1 Å². The van der Waals surface area contributed by atoms with Crippen molar-refractivity contribution in [2.45, 2.75) is 0 Å². The minimum atomic E-state index is 0.870. The number of hydrogen-bond donors (Lipinski definition) is 0. The predicted molar refractivity (Wildman–Crippen MR) is 53.0 cm³/mol. The van der Waals surface area contributed by atoms with Crippen LogP contribution >= 0.6 is 27.3 Å². The number of nitrogens with zero attached hydrogens (tertiary/aromatic N) is 2. The van der Waals surface area contributed by atoms with Crippen LogP contribution in [0.4, 0.5) is 0 Å². The van der Waals surface area contributed by atoms with Crippen LogP contribution in [-0.4, -0.2) is 9.97 Å². The Balaban J connectivity index is 2.55. The Bertz CT molecular complexity index is 372. The van der Waals surface area contributed by atoms with Gasteiger partial charge in [-0.1, -0.05) is 0 Å². The lowest BCUT2D eigenvalue weighted by Crippen LogP contribution is -1.78. The molecular weight excluding hydrogens is 236 g/mol. The van der Waals surface area contributed by atoms with Gasteiger partial charge in [0.05, 0.1) is 10.4 Å². The molecule has 2 nitrogen and oxygen atoms in total. The molecule has 0 atom stereocenters. The Morgan fingerprint density at radius 3 is 3.00 bits per heavy atom. The fourth-order valence-electron chi connectivity index (χ4n) is 0.919. The normalized spacial score (nSPS) is 10.1. The highest BCUT2D eigenvalue weighted by Crippen LogP contribution is 2.28. The monoisotopic (exact) mass is 240 g/mol. The van der Waals surface area contributed by atoms with Crippen molar-refractivity contribution < 1.29 is 0 Å². The maximum Gasteiger partial charge on any atom is 0.114 e. The van der Waals surface area contributed by atoms with Crippen molar-refractivity contribution in [3.05, 3.63) is 34.6 Å². The molecule has 4 heteroatoms. The molecular formula is C8H5BrN2S. The van der Waals surface area contributed by atoms with E-state index in [0.717, 1.165) is 15.0 Å². The zero-order valence-corrected chi connectivity index (χ0v) is 8.47. The lowest BCUT2D eigenvalue weighted by molar-refractivity contribution is 1.28. The van der Waals surface area contributed by atoms with Crippen LogP contribution in [0, 0.1) is 0 Å². The Morgan fingerprint density at radius 2 is 2.33 bits per heavy atom. The van der Waals surface area contributed by atoms with E-state index in [0.29, 0.717) is 0 Å². The molecule has 2 rings (SSSR count). The van der Waals surface area contributed by atoms with Crippen LogP contribution in [0.25, 0.3) is 10.4 Å². The third kappa shape index (κ3) is 1.40. The van der Waals surface area contributed by atoms with Gasteiger partial charge in [0.1, 0.15) is 4.60 Å². The van der Waals surface area contributed by atoms with Gasteiger partial charge in [0, 0.05) is 18.0 Å². The molecule has 0 spiro atoms. The number of aromatic nitrogens is 2. The fourth-order valence-corrected chi connectivity index (χ4v) is 2.16. The number of pyridine rings is 1. The Hall–Kier alpha value is -0.740. The van der Waals surface area contributed by atoms with Gasteiger partial charge in [0.2, 0.25) is 0 Å². The summed E-state index contributed by atoms with van der Waals surface area (Å²) in [6.45, 7) is 0. The van der Waals surface area contributed by atoms with Crippen LogP contribution in [0.15, 0.2) is 34.6 Å². The third-order valence-corrected chi connectivity index (χ3v) is 2.90. The second kappa shape index (κ2) is 3.33. The van der Waals surface area contributed by atoms with Crippen LogP contribution in [0.5, 0.6) is 0 Å². The van der Waals surface area contributed by atoms with Crippen LogP contribution in [-0.2, 0) is 0 Å². The summed E-state index contributed by atoms with van der Waals surface area (Å²) in [6.07, 6.45) is 3.60. The van der Waals surface area contributed by atoms with Crippen molar-refractivity contribution in [2.75, 3.05) is 0 Å². The Kier molecular flexibility index (Phi) is 2.19. The Morgan fingerprint density at radius 1 is 1.42 bits per heavy atom. The molecule has 12 heavy (non-hydrogen) atoms. The van der Waals surface area contributed by atoms with E-state index in [1.165, 1.54) is 0 Å². The van der Waals surface area contributed by atoms with Crippen molar-refractivity contribution >= 4 is 27.3 Å². The van der Waals surface area contributed by atoms with E-state index >= 15 is 0 Å². The predicted octanol–water partition coefficient (Wildman–Crippen LogP) is 2.97. The molecule has 0 saturated carbocycles. The number of hydrogen-bond acceptors (Lipinski definition) is 3. The first-order chi connectivity index (χ1) is 5.88. The second-order valence-electron chi connectivity index (χ2n) is 2.21. The molecule has 2 aromatic heterocycles. The van der Waals surface area contributed by atoms with Gasteiger partial charge in [0.15, 0.2) is 0 Å². The van der Waals surface area contributed by atoms with Crippen LogP contribution in [0.3, 0.4) is 0 Å². The summed E-state index contributed by atoms with van der Waals surface area (Å²) in [5.41, 5.74) is 2.91. The largest absolute Gasteiger partial charge is 0.252 e. The van der Waals surface area contributed by atoms with E-state index in [1.807, 2.05) is 23.8 Å². The zero-order valence-electron chi connectivity index (χ0n) is 6.07. The molecule has 0 N–H and O–H groups in total. The first-order valence-electron chi connectivity index (χ1n) is 3.37. The highest BCUT2D eigenvalue weighted by atomic mass is 79.9. The topological polar surface area (TPSA) is 25.8 Å². The average molecular weight is 241 g/mol. The summed E-state index contributed by atoms with van der Waals surface area (Å²) >= 11 is 4.99. The lowest BCUT2D eigenvalue weighted by Gasteiger charge is -1.97. The van der Waals surface area contributed by atoms with Crippen molar-refractivity contribution in [2.24, 2.45) is 0 Å². The molecule has 0 aliphatic rings. The van der Waals surface area contributed by atoms with E-state index in [4.69, 9.17) is 0 Å². The van der Waals surface area contributed by atoms with E-state index in [2.05, 4.69) is 25.9 Å². The maximum atomic E-state index is 4.13. The van der Waals surface area contributed by atoms with Crippen LogP contribution < -0.4 is 0 Å². The van der Waals surface area contributed by atoms with E-state index in [-0.39, 0.29) is 0 Å². The van der Waals surface area contributed by atoms with E-state index < -0.39 is 0 Å². The molecule has 2 aromatic rings. The smallest absolute Gasteiger partial charge is 0.114 e. The molecule has 0 aromatic carbocycles. The van der Waals surface area contributed by atoms with Gasteiger partial charge < -0.3 is 0 Å². The van der Waals surface area contributed by atoms with Crippen molar-refractivity contribution in [1.82, 2.24) is 9.97 Å². The summed E-state index contributed by atoms with van der Waals surface area (Å²) in [4.78, 5) is 9.27. The maximum absolute atomic E-state index is 4.13. The van der Waals surface area contributed by atoms with Gasteiger partial charge in [-0.3, -0.25) is 4.98 Å². The molecule has 60 valence electrons. The molecule has 0 aliphatic heterocycles. The van der Waals surface area contributed by atoms with Gasteiger partial charge >= 0.3 is 0 Å². The molecule has 0 amide bonds. The van der Waals surface area contributed by atoms with E-state index in [1.54, 1.807) is 17.5 Å². The molecule has 0 aliphatic carbocycles. The van der Waals surface area contributed by atoms with Crippen LogP contribution in [0.1, 0.15) is 0 Å². The molecule has 2 heterocycles. The fraction of sp³-hybridized carbons (Fsp3) is 0. The SMILES string of the molecule is Brc1ncccc1-c1cncs1. The number of rotatable bonds is 1. The van der Waals surface area contributed by atoms with Gasteiger partial charge in [0.25, 0.3) is 0 Å². The zero-order chi connectivity index (χ0) is 8.39. The second-order valence-corrected chi connectivity index (χ2v) is 3.84. The third-order valence-electron chi connectivity index (χ3n) is 1.46. The average Bonchev–Trinajstić information content (AvgIpc) is 2.57. The summed E-state index contributed by atoms with van der Waals surface area (Å²) in [5, 5.41) is 0. The van der Waals surface area contributed by atoms with Crippen molar-refractivity contribution in [3.63, 3.8) is 0 Å². The summed E-state index contributed by atoms with van der Waals surface area (Å²) in [6, 6.07) is 3.93. The van der Waals surface area contributed by atoms with Crippen molar-refractivity contribution in [1.29, 1.82) is 0 Å². The summed E-state index contributed by atoms with van der Waals surface area (Å²) in [5.74, 6) is 0. The first kappa shape index (κ1) is 7.89. The van der Waals surface area contributed by atoms with Gasteiger partial charge in [-0.15, -0.1) is 11.3 Å². The molecule has 0 bridgehead atoms. The minimum absolute atomic E-state index is 0.870. The highest BCUT2D eigenvalue weighted by Gasteiger charge is 2.03. The summed E-state index contributed by atoms with van der Waals surface area (Å²) in [7, 11) is 0. The van der Waals surface area contributed by atoms with Gasteiger partial charge in [-0.25, -0.2) is 4.98 Å². The van der Waals surface area contributed by atoms with Gasteiger partial charge in [-0.2, -0.15) is 0 Å². The minimum Gasteiger partial charge on any atom is -0.252 e. The van der Waals surface area contributed by atoms with E-state index in [9.17, 15) is 0 Å². The van der Waals surface area contributed by atoms with Crippen LogP contribution in [0.2, 0.25) is 0 Å². The quantitative estimate of drug-likeness (QED) is 0.717. The lowest BCUT2D eigenvalue weighted by atomic mass is 10.2. The number of halogens is 1.